The van der Waals surface area contributed by atoms with E-state index < -0.39 is 5.97 Å². The summed E-state index contributed by atoms with van der Waals surface area (Å²) in [6.45, 7) is 0. The highest BCUT2D eigenvalue weighted by atomic mass is 19.1. The van der Waals surface area contributed by atoms with Crippen molar-refractivity contribution in [2.45, 2.75) is 6.42 Å². The number of aromatic nitrogens is 1. The summed E-state index contributed by atoms with van der Waals surface area (Å²) in [6, 6.07) is 9.34. The second-order valence-electron chi connectivity index (χ2n) is 3.63. The molecule has 0 aliphatic heterocycles. The minimum absolute atomic E-state index is 0.0646. The zero-order valence-electron chi connectivity index (χ0n) is 8.93. The van der Waals surface area contributed by atoms with Crippen molar-refractivity contribution in [2.75, 3.05) is 0 Å². The minimum atomic E-state index is -0.901. The van der Waals surface area contributed by atoms with Crippen LogP contribution in [-0.4, -0.2) is 16.1 Å². The molecule has 0 saturated carbocycles. The topological polar surface area (TPSA) is 50.2 Å². The molecule has 2 rings (SSSR count). The Morgan fingerprint density at radius 3 is 2.82 bits per heavy atom. The van der Waals surface area contributed by atoms with Gasteiger partial charge < -0.3 is 5.11 Å². The van der Waals surface area contributed by atoms with Gasteiger partial charge in [-0.3, -0.25) is 9.78 Å². The van der Waals surface area contributed by atoms with E-state index in [4.69, 9.17) is 5.11 Å². The van der Waals surface area contributed by atoms with E-state index in [1.807, 2.05) is 0 Å². The fraction of sp³-hybridized carbons (Fsp3) is 0.0769. The Morgan fingerprint density at radius 1 is 1.29 bits per heavy atom. The van der Waals surface area contributed by atoms with Gasteiger partial charge in [0, 0.05) is 11.8 Å². The number of hydrogen-bond acceptors (Lipinski definition) is 2. The molecule has 0 atom stereocenters. The Hall–Kier alpha value is -2.23. The summed E-state index contributed by atoms with van der Waals surface area (Å²) in [6.07, 6.45) is 1.46. The van der Waals surface area contributed by atoms with Gasteiger partial charge in [0.15, 0.2) is 0 Å². The van der Waals surface area contributed by atoms with Gasteiger partial charge in [-0.05, 0) is 29.8 Å². The first kappa shape index (κ1) is 11.3. The van der Waals surface area contributed by atoms with Crippen LogP contribution in [0.3, 0.4) is 0 Å². The van der Waals surface area contributed by atoms with Crippen LogP contribution in [0, 0.1) is 5.82 Å². The molecule has 0 bridgehead atoms. The molecule has 4 heteroatoms. The molecule has 0 aliphatic carbocycles. The number of benzene rings is 1. The van der Waals surface area contributed by atoms with Gasteiger partial charge in [0.25, 0.3) is 0 Å². The molecule has 0 unspecified atom stereocenters. The molecule has 0 radical (unpaired) electrons. The number of nitrogens with zero attached hydrogens (tertiary/aromatic N) is 1. The zero-order chi connectivity index (χ0) is 12.3. The molecule has 0 spiro atoms. The molecule has 0 aliphatic rings. The monoisotopic (exact) mass is 231 g/mol. The first-order chi connectivity index (χ1) is 8.15. The van der Waals surface area contributed by atoms with Crippen molar-refractivity contribution in [1.82, 2.24) is 4.98 Å². The van der Waals surface area contributed by atoms with Crippen molar-refractivity contribution < 1.29 is 14.3 Å². The van der Waals surface area contributed by atoms with E-state index in [9.17, 15) is 9.18 Å². The maximum absolute atomic E-state index is 13.0. The smallest absolute Gasteiger partial charge is 0.307 e. The van der Waals surface area contributed by atoms with Gasteiger partial charge in [0.1, 0.15) is 5.82 Å². The lowest BCUT2D eigenvalue weighted by molar-refractivity contribution is -0.136. The van der Waals surface area contributed by atoms with Crippen molar-refractivity contribution >= 4 is 5.97 Å². The molecule has 17 heavy (non-hydrogen) atoms. The molecule has 0 amide bonds. The first-order valence-electron chi connectivity index (χ1n) is 5.08. The van der Waals surface area contributed by atoms with Crippen LogP contribution in [0.2, 0.25) is 0 Å². The molecule has 1 aromatic heterocycles. The van der Waals surface area contributed by atoms with Crippen LogP contribution in [0.1, 0.15) is 5.56 Å². The summed E-state index contributed by atoms with van der Waals surface area (Å²) >= 11 is 0. The van der Waals surface area contributed by atoms with E-state index in [1.165, 1.54) is 18.3 Å². The Bertz CT molecular complexity index is 555. The number of rotatable bonds is 3. The average molecular weight is 231 g/mol. The van der Waals surface area contributed by atoms with E-state index in [-0.39, 0.29) is 12.2 Å². The SMILES string of the molecule is O=C(O)Cc1ccnc(-c2cccc(F)c2)c1. The highest BCUT2D eigenvalue weighted by molar-refractivity contribution is 5.71. The van der Waals surface area contributed by atoms with Crippen LogP contribution in [-0.2, 0) is 11.2 Å². The molecule has 1 N–H and O–H groups in total. The van der Waals surface area contributed by atoms with Crippen LogP contribution in [0.15, 0.2) is 42.6 Å². The van der Waals surface area contributed by atoms with Crippen molar-refractivity contribution in [3.8, 4) is 11.3 Å². The summed E-state index contributed by atoms with van der Waals surface area (Å²) in [5.74, 6) is -1.24. The summed E-state index contributed by atoms with van der Waals surface area (Å²) in [4.78, 5) is 14.7. The predicted molar refractivity (Wildman–Crippen MR) is 61.0 cm³/mol. The summed E-state index contributed by atoms with van der Waals surface area (Å²) < 4.78 is 13.0. The van der Waals surface area contributed by atoms with Crippen LogP contribution in [0.25, 0.3) is 11.3 Å². The van der Waals surface area contributed by atoms with Gasteiger partial charge >= 0.3 is 5.97 Å². The summed E-state index contributed by atoms with van der Waals surface area (Å²) in [5.41, 5.74) is 1.85. The number of carboxylic acids is 1. The van der Waals surface area contributed by atoms with Crippen LogP contribution < -0.4 is 0 Å². The second kappa shape index (κ2) is 4.74. The van der Waals surface area contributed by atoms with Crippen molar-refractivity contribution in [1.29, 1.82) is 0 Å². The predicted octanol–water partition coefficient (Wildman–Crippen LogP) is 2.51. The lowest BCUT2D eigenvalue weighted by Gasteiger charge is -2.03. The van der Waals surface area contributed by atoms with Crippen LogP contribution in [0.5, 0.6) is 0 Å². The number of halogens is 1. The third-order valence-corrected chi connectivity index (χ3v) is 2.30. The van der Waals surface area contributed by atoms with Gasteiger partial charge in [0.05, 0.1) is 12.1 Å². The van der Waals surface area contributed by atoms with Crippen LogP contribution >= 0.6 is 0 Å². The second-order valence-corrected chi connectivity index (χ2v) is 3.63. The average Bonchev–Trinajstić information content (AvgIpc) is 2.28. The van der Waals surface area contributed by atoms with E-state index in [1.54, 1.807) is 24.3 Å². The quantitative estimate of drug-likeness (QED) is 0.883. The molecule has 0 fully saturated rings. The summed E-state index contributed by atoms with van der Waals surface area (Å²) in [7, 11) is 0. The highest BCUT2D eigenvalue weighted by Crippen LogP contribution is 2.18. The molecule has 0 saturated heterocycles. The molecule has 1 aromatic carbocycles. The van der Waals surface area contributed by atoms with Gasteiger partial charge in [-0.25, -0.2) is 4.39 Å². The van der Waals surface area contributed by atoms with Gasteiger partial charge in [-0.15, -0.1) is 0 Å². The maximum atomic E-state index is 13.0. The maximum Gasteiger partial charge on any atom is 0.307 e. The largest absolute Gasteiger partial charge is 0.481 e. The number of hydrogen-bond donors (Lipinski definition) is 1. The van der Waals surface area contributed by atoms with E-state index in [0.717, 1.165) is 0 Å². The Kier molecular flexibility index (Phi) is 3.14. The summed E-state index contributed by atoms with van der Waals surface area (Å²) in [5, 5.41) is 8.69. The van der Waals surface area contributed by atoms with Gasteiger partial charge in [-0.1, -0.05) is 12.1 Å². The van der Waals surface area contributed by atoms with Crippen LogP contribution in [0.4, 0.5) is 4.39 Å². The zero-order valence-corrected chi connectivity index (χ0v) is 8.93. The van der Waals surface area contributed by atoms with Gasteiger partial charge in [-0.2, -0.15) is 0 Å². The van der Waals surface area contributed by atoms with E-state index in [2.05, 4.69) is 4.98 Å². The molecular formula is C13H10FNO2. The standard InChI is InChI=1S/C13H10FNO2/c14-11-3-1-2-10(8-11)12-6-9(4-5-15-12)7-13(16)17/h1-6,8H,7H2,(H,16,17). The molecular weight excluding hydrogens is 221 g/mol. The fourth-order valence-corrected chi connectivity index (χ4v) is 1.56. The van der Waals surface area contributed by atoms with E-state index in [0.29, 0.717) is 16.8 Å². The molecule has 2 aromatic rings. The van der Waals surface area contributed by atoms with Crippen molar-refractivity contribution in [3.63, 3.8) is 0 Å². The Balaban J connectivity index is 2.36. The number of aliphatic carboxylic acids is 1. The first-order valence-corrected chi connectivity index (χ1v) is 5.08. The number of carbonyl (C=O) groups is 1. The number of carboxylic acid groups (broad SMARTS) is 1. The molecule has 3 nitrogen and oxygen atoms in total. The normalized spacial score (nSPS) is 10.2. The Labute approximate surface area is 97.6 Å². The van der Waals surface area contributed by atoms with Crippen molar-refractivity contribution in [3.05, 3.63) is 54.0 Å². The fourth-order valence-electron chi connectivity index (χ4n) is 1.56. The lowest BCUT2D eigenvalue weighted by atomic mass is 10.1. The number of pyridine rings is 1. The molecule has 86 valence electrons. The lowest BCUT2D eigenvalue weighted by Crippen LogP contribution is -2.00. The van der Waals surface area contributed by atoms with E-state index >= 15 is 0 Å². The Morgan fingerprint density at radius 2 is 2.12 bits per heavy atom. The third kappa shape index (κ3) is 2.87. The third-order valence-electron chi connectivity index (χ3n) is 2.30. The highest BCUT2D eigenvalue weighted by Gasteiger charge is 2.04. The van der Waals surface area contributed by atoms with Crippen molar-refractivity contribution in [2.24, 2.45) is 0 Å². The molecule has 1 heterocycles. The minimum Gasteiger partial charge on any atom is -0.481 e. The van der Waals surface area contributed by atoms with Gasteiger partial charge in [0.2, 0.25) is 0 Å².